The topological polar surface area (TPSA) is 288 Å². The number of aromatic amines is 2. The standard InChI is InChI=1S/C21H29N9O8/c22-12(3-10-6-24-8-26-10)18(34)29-15(5-16(23)31)20(36)30-14(4-11-7-25-9-27-11)19(35)28-13(21(37)38)1-2-17(32)33/h6-9,12-15H,1-5,22H2,(H2,23,31)(H,24,26)(H,25,27)(H,28,35)(H,29,34)(H,30,36)(H,32,33)(H,37,38). The number of carboxylic acids is 2. The molecule has 38 heavy (non-hydrogen) atoms. The van der Waals surface area contributed by atoms with Crippen molar-refractivity contribution < 1.29 is 39.0 Å². The molecule has 0 saturated carbocycles. The summed E-state index contributed by atoms with van der Waals surface area (Å²) in [6, 6.07) is -5.58. The average Bonchev–Trinajstić information content (AvgIpc) is 3.54. The van der Waals surface area contributed by atoms with Gasteiger partial charge in [-0.15, -0.1) is 0 Å². The summed E-state index contributed by atoms with van der Waals surface area (Å²) in [5.74, 6) is -6.37. The van der Waals surface area contributed by atoms with Crippen molar-refractivity contribution in [1.29, 1.82) is 0 Å². The van der Waals surface area contributed by atoms with E-state index in [9.17, 15) is 33.9 Å². The van der Waals surface area contributed by atoms with Crippen LogP contribution in [0.3, 0.4) is 0 Å². The van der Waals surface area contributed by atoms with Crippen molar-refractivity contribution in [3.8, 4) is 0 Å². The van der Waals surface area contributed by atoms with Crippen molar-refractivity contribution in [2.75, 3.05) is 0 Å². The van der Waals surface area contributed by atoms with Crippen LogP contribution in [0.1, 0.15) is 30.7 Å². The minimum Gasteiger partial charge on any atom is -0.481 e. The minimum absolute atomic E-state index is 0.0501. The summed E-state index contributed by atoms with van der Waals surface area (Å²) >= 11 is 0. The molecule has 17 heteroatoms. The van der Waals surface area contributed by atoms with Crippen molar-refractivity contribution in [2.45, 2.75) is 56.3 Å². The Morgan fingerprint density at radius 2 is 1.34 bits per heavy atom. The quantitative estimate of drug-likeness (QED) is 0.102. The molecule has 2 rings (SSSR count). The van der Waals surface area contributed by atoms with Crippen LogP contribution < -0.4 is 27.4 Å². The van der Waals surface area contributed by atoms with Gasteiger partial charge in [-0.1, -0.05) is 0 Å². The fourth-order valence-electron chi connectivity index (χ4n) is 3.31. The zero-order valence-electron chi connectivity index (χ0n) is 20.0. The summed E-state index contributed by atoms with van der Waals surface area (Å²) in [6.45, 7) is 0. The van der Waals surface area contributed by atoms with Crippen LogP contribution in [0.15, 0.2) is 25.0 Å². The van der Waals surface area contributed by atoms with Gasteiger partial charge in [-0.25, -0.2) is 14.8 Å². The lowest BCUT2D eigenvalue weighted by Gasteiger charge is -2.24. The van der Waals surface area contributed by atoms with Gasteiger partial charge in [0.05, 0.1) is 25.1 Å². The summed E-state index contributed by atoms with van der Waals surface area (Å²) < 4.78 is 0. The molecule has 4 amide bonds. The van der Waals surface area contributed by atoms with Crippen LogP contribution in [0.4, 0.5) is 0 Å². The third-order valence-corrected chi connectivity index (χ3v) is 5.24. The van der Waals surface area contributed by atoms with Gasteiger partial charge in [0.15, 0.2) is 0 Å². The number of aliphatic carboxylic acids is 2. The number of nitrogens with one attached hydrogen (secondary N) is 5. The highest BCUT2D eigenvalue weighted by Gasteiger charge is 2.31. The number of hydrogen-bond donors (Lipinski definition) is 9. The smallest absolute Gasteiger partial charge is 0.326 e. The number of carboxylic acid groups (broad SMARTS) is 2. The van der Waals surface area contributed by atoms with Crippen LogP contribution in [0.5, 0.6) is 0 Å². The number of nitrogens with two attached hydrogens (primary N) is 2. The molecule has 0 aliphatic rings. The van der Waals surface area contributed by atoms with Crippen LogP contribution in [-0.4, -0.2) is 89.9 Å². The Hall–Kier alpha value is -4.80. The number of rotatable bonds is 16. The number of hydrogen-bond acceptors (Lipinski definition) is 9. The fourth-order valence-corrected chi connectivity index (χ4v) is 3.31. The number of carbonyl (C=O) groups is 6. The van der Waals surface area contributed by atoms with Gasteiger partial charge in [-0.3, -0.25) is 24.0 Å². The molecule has 0 spiro atoms. The summed E-state index contributed by atoms with van der Waals surface area (Å²) in [5.41, 5.74) is 12.0. The normalized spacial score (nSPS) is 13.9. The van der Waals surface area contributed by atoms with Crippen molar-refractivity contribution in [2.24, 2.45) is 11.5 Å². The molecule has 0 aromatic carbocycles. The molecule has 2 aromatic rings. The molecular formula is C21H29N9O8. The maximum atomic E-state index is 13.0. The van der Waals surface area contributed by atoms with Gasteiger partial charge in [-0.2, -0.15) is 0 Å². The molecular weight excluding hydrogens is 506 g/mol. The molecule has 4 unspecified atom stereocenters. The Labute approximate surface area is 215 Å². The van der Waals surface area contributed by atoms with E-state index in [0.29, 0.717) is 11.4 Å². The van der Waals surface area contributed by atoms with Gasteiger partial charge in [0, 0.05) is 43.0 Å². The third-order valence-electron chi connectivity index (χ3n) is 5.24. The van der Waals surface area contributed by atoms with E-state index < -0.39 is 79.0 Å². The second kappa shape index (κ2) is 14.1. The SMILES string of the molecule is NC(=O)CC(NC(=O)C(N)Cc1cnc[nH]1)C(=O)NC(Cc1cnc[nH]1)C(=O)NC(CCC(=O)O)C(=O)O. The van der Waals surface area contributed by atoms with Crippen molar-refractivity contribution in [3.63, 3.8) is 0 Å². The van der Waals surface area contributed by atoms with E-state index in [4.69, 9.17) is 16.6 Å². The number of imidazole rings is 2. The van der Waals surface area contributed by atoms with Gasteiger partial charge < -0.3 is 47.6 Å². The number of H-pyrrole nitrogens is 2. The first-order chi connectivity index (χ1) is 18.0. The lowest BCUT2D eigenvalue weighted by atomic mass is 10.1. The summed E-state index contributed by atoms with van der Waals surface area (Å²) in [6.07, 6.45) is 3.84. The highest BCUT2D eigenvalue weighted by Crippen LogP contribution is 2.05. The summed E-state index contributed by atoms with van der Waals surface area (Å²) in [4.78, 5) is 85.6. The van der Waals surface area contributed by atoms with Crippen molar-refractivity contribution in [1.82, 2.24) is 35.9 Å². The first kappa shape index (κ1) is 29.4. The minimum atomic E-state index is -1.55. The first-order valence-corrected chi connectivity index (χ1v) is 11.3. The predicted octanol–water partition coefficient (Wildman–Crippen LogP) is -3.48. The lowest BCUT2D eigenvalue weighted by Crippen LogP contribution is -2.58. The van der Waals surface area contributed by atoms with Gasteiger partial charge in [0.25, 0.3) is 0 Å². The maximum absolute atomic E-state index is 13.0. The number of amides is 4. The molecule has 17 nitrogen and oxygen atoms in total. The Morgan fingerprint density at radius 1 is 0.816 bits per heavy atom. The molecule has 206 valence electrons. The Bertz CT molecular complexity index is 1120. The van der Waals surface area contributed by atoms with E-state index in [0.717, 1.165) is 0 Å². The number of primary amides is 1. The van der Waals surface area contributed by atoms with Crippen LogP contribution >= 0.6 is 0 Å². The van der Waals surface area contributed by atoms with Gasteiger partial charge in [0.2, 0.25) is 23.6 Å². The Balaban J connectivity index is 2.16. The molecule has 0 aliphatic heterocycles. The van der Waals surface area contributed by atoms with Crippen LogP contribution in [0.25, 0.3) is 0 Å². The largest absolute Gasteiger partial charge is 0.481 e. The highest BCUT2D eigenvalue weighted by molar-refractivity contribution is 5.96. The fraction of sp³-hybridized carbons (Fsp3) is 0.429. The first-order valence-electron chi connectivity index (χ1n) is 11.3. The van der Waals surface area contributed by atoms with Crippen molar-refractivity contribution in [3.05, 3.63) is 36.4 Å². The van der Waals surface area contributed by atoms with Gasteiger partial charge >= 0.3 is 11.9 Å². The molecule has 0 fully saturated rings. The van der Waals surface area contributed by atoms with E-state index in [2.05, 4.69) is 35.9 Å². The van der Waals surface area contributed by atoms with E-state index >= 15 is 0 Å². The van der Waals surface area contributed by atoms with E-state index in [-0.39, 0.29) is 12.8 Å². The molecule has 2 heterocycles. The second-order valence-corrected chi connectivity index (χ2v) is 8.29. The molecule has 0 aliphatic carbocycles. The molecule has 0 saturated heterocycles. The molecule has 11 N–H and O–H groups in total. The summed E-state index contributed by atoms with van der Waals surface area (Å²) in [7, 11) is 0. The average molecular weight is 536 g/mol. The van der Waals surface area contributed by atoms with E-state index in [1.54, 1.807) is 0 Å². The molecule has 4 atom stereocenters. The highest BCUT2D eigenvalue weighted by atomic mass is 16.4. The number of nitrogens with zero attached hydrogens (tertiary/aromatic N) is 2. The monoisotopic (exact) mass is 535 g/mol. The second-order valence-electron chi connectivity index (χ2n) is 8.29. The number of carbonyl (C=O) groups excluding carboxylic acids is 4. The molecule has 0 radical (unpaired) electrons. The van der Waals surface area contributed by atoms with Gasteiger partial charge in [0.1, 0.15) is 18.1 Å². The van der Waals surface area contributed by atoms with Gasteiger partial charge in [-0.05, 0) is 6.42 Å². The molecule has 0 bridgehead atoms. The zero-order chi connectivity index (χ0) is 28.2. The third kappa shape index (κ3) is 9.69. The maximum Gasteiger partial charge on any atom is 0.326 e. The Morgan fingerprint density at radius 3 is 1.84 bits per heavy atom. The number of aromatic nitrogens is 4. The van der Waals surface area contributed by atoms with Crippen LogP contribution in [-0.2, 0) is 41.6 Å². The zero-order valence-corrected chi connectivity index (χ0v) is 20.0. The van der Waals surface area contributed by atoms with E-state index in [1.165, 1.54) is 25.0 Å². The van der Waals surface area contributed by atoms with Crippen LogP contribution in [0, 0.1) is 0 Å². The van der Waals surface area contributed by atoms with Crippen LogP contribution in [0.2, 0.25) is 0 Å². The summed E-state index contributed by atoms with van der Waals surface area (Å²) in [5, 5.41) is 25.1. The predicted molar refractivity (Wildman–Crippen MR) is 127 cm³/mol. The van der Waals surface area contributed by atoms with E-state index in [1.807, 2.05) is 0 Å². The Kier molecular flexibility index (Phi) is 10.9. The molecule has 2 aromatic heterocycles. The van der Waals surface area contributed by atoms with Crippen molar-refractivity contribution >= 4 is 35.6 Å². The lowest BCUT2D eigenvalue weighted by molar-refractivity contribution is -0.143.